The predicted molar refractivity (Wildman–Crippen MR) is 4.99 cm³/mol. The maximum Gasteiger partial charge on any atom is 4.00 e. The standard InChI is InChI=1S/Ce.H2O.2O/h;1H2;;/q+4;;2*-2. The second-order valence-electron chi connectivity index (χ2n) is 0. The minimum Gasteiger partial charge on any atom is -2.00 e. The van der Waals surface area contributed by atoms with Gasteiger partial charge in [-0.05, 0) is 0 Å². The zero-order valence-electron chi connectivity index (χ0n) is 1.82. The fourth-order valence-electron chi connectivity index (χ4n) is 0. The molecule has 0 bridgehead atoms. The third kappa shape index (κ3) is 10.5. The Morgan fingerprint density at radius 1 is 0.750 bits per heavy atom. The van der Waals surface area contributed by atoms with Crippen molar-refractivity contribution >= 4 is 0 Å². The summed E-state index contributed by atoms with van der Waals surface area (Å²) >= 11 is 0. The average Bonchev–Trinajstić information content (AvgIpc) is 0. The van der Waals surface area contributed by atoms with Gasteiger partial charge in [0.25, 0.3) is 0 Å². The Labute approximate surface area is 57.7 Å². The van der Waals surface area contributed by atoms with Crippen LogP contribution in [-0.4, -0.2) is 5.48 Å². The van der Waals surface area contributed by atoms with E-state index in [1.165, 1.54) is 0 Å². The Morgan fingerprint density at radius 3 is 0.750 bits per heavy atom. The van der Waals surface area contributed by atoms with Crippen molar-refractivity contribution in [2.75, 3.05) is 0 Å². The van der Waals surface area contributed by atoms with Crippen molar-refractivity contribution in [2.45, 2.75) is 0 Å². The van der Waals surface area contributed by atoms with E-state index in [-0.39, 0.29) is 58.2 Å². The van der Waals surface area contributed by atoms with Crippen molar-refractivity contribution in [1.29, 1.82) is 0 Å². The van der Waals surface area contributed by atoms with E-state index in [9.17, 15) is 0 Å². The molecule has 0 amide bonds. The monoisotopic (exact) mass is 190 g/mol. The van der Waals surface area contributed by atoms with Gasteiger partial charge in [0.15, 0.2) is 0 Å². The van der Waals surface area contributed by atoms with Crippen LogP contribution in [0.3, 0.4) is 0 Å². The van der Waals surface area contributed by atoms with E-state index in [4.69, 9.17) is 0 Å². The molecule has 0 saturated heterocycles. The van der Waals surface area contributed by atoms with Crippen LogP contribution in [0.25, 0.3) is 0 Å². The van der Waals surface area contributed by atoms with E-state index in [1.54, 1.807) is 0 Å². The molecule has 0 saturated carbocycles. The SMILES string of the molecule is O.[Ce+4].[O-2].[O-2]. The largest absolute Gasteiger partial charge is 4.00 e. The van der Waals surface area contributed by atoms with E-state index < -0.39 is 0 Å². The molecule has 3 nitrogen and oxygen atoms in total. The summed E-state index contributed by atoms with van der Waals surface area (Å²) in [6, 6.07) is 0. The average molecular weight is 190 g/mol. The fraction of sp³-hybridized carbons (Fsp3) is 0. The predicted octanol–water partition coefficient (Wildman–Crippen LogP) is -1.06. The van der Waals surface area contributed by atoms with Crippen LogP contribution < -0.4 is 0 Å². The van der Waals surface area contributed by atoms with E-state index in [0.717, 1.165) is 0 Å². The van der Waals surface area contributed by atoms with Crippen LogP contribution >= 0.6 is 0 Å². The summed E-state index contributed by atoms with van der Waals surface area (Å²) in [5.74, 6) is 0. The molecule has 0 aliphatic carbocycles. The molecule has 0 radical (unpaired) electrons. The van der Waals surface area contributed by atoms with Gasteiger partial charge in [-0.15, -0.1) is 0 Å². The summed E-state index contributed by atoms with van der Waals surface area (Å²) in [5.41, 5.74) is 0. The van der Waals surface area contributed by atoms with Gasteiger partial charge in [-0.2, -0.15) is 0 Å². The molecule has 0 aliphatic heterocycles. The molecule has 0 atom stereocenters. The van der Waals surface area contributed by atoms with Crippen LogP contribution in [0.5, 0.6) is 0 Å². The van der Waals surface area contributed by atoms with Gasteiger partial charge < -0.3 is 16.4 Å². The molecule has 2 N–H and O–H groups in total. The Balaban J connectivity index is 0. The van der Waals surface area contributed by atoms with E-state index in [2.05, 4.69) is 0 Å². The third-order valence-electron chi connectivity index (χ3n) is 0. The molecule has 0 aliphatic rings. The summed E-state index contributed by atoms with van der Waals surface area (Å²) in [4.78, 5) is 0. The molecule has 0 aromatic carbocycles. The molecule has 0 fully saturated rings. The van der Waals surface area contributed by atoms with Gasteiger partial charge in [0, 0.05) is 0 Å². The summed E-state index contributed by atoms with van der Waals surface area (Å²) < 4.78 is 0. The maximum atomic E-state index is 0. The van der Waals surface area contributed by atoms with Crippen LogP contribution in [-0.2, 0) is 11.0 Å². The van der Waals surface area contributed by atoms with Crippen molar-refractivity contribution in [2.24, 2.45) is 0 Å². The van der Waals surface area contributed by atoms with Gasteiger partial charge in [-0.1, -0.05) is 0 Å². The molecule has 0 rings (SSSR count). The van der Waals surface area contributed by atoms with Gasteiger partial charge >= 0.3 is 41.7 Å². The first kappa shape index (κ1) is 60.3. The second kappa shape index (κ2) is 28.6. The zero-order valence-corrected chi connectivity index (χ0v) is 4.96. The first-order valence-electron chi connectivity index (χ1n) is 0. The van der Waals surface area contributed by atoms with Crippen molar-refractivity contribution in [3.05, 3.63) is 0 Å². The molecule has 0 spiro atoms. The first-order chi connectivity index (χ1) is 0. The van der Waals surface area contributed by atoms with Gasteiger partial charge in [-0.25, -0.2) is 0 Å². The van der Waals surface area contributed by atoms with E-state index in [1.807, 2.05) is 0 Å². The maximum absolute atomic E-state index is 0. The van der Waals surface area contributed by atoms with Crippen LogP contribution in [0.2, 0.25) is 0 Å². The molecule has 4 heavy (non-hydrogen) atoms. The Kier molecular flexibility index (Phi) is 431. The minimum absolute atomic E-state index is 0. The zero-order chi connectivity index (χ0) is 0. The van der Waals surface area contributed by atoms with Crippen molar-refractivity contribution in [3.8, 4) is 0 Å². The Hall–Kier alpha value is 1.26. The molecular formula is H2CeO3. The van der Waals surface area contributed by atoms with Crippen molar-refractivity contribution in [1.82, 2.24) is 0 Å². The van der Waals surface area contributed by atoms with Crippen LogP contribution in [0.4, 0.5) is 0 Å². The topological polar surface area (TPSA) is 88.5 Å². The molecular weight excluding hydrogens is 188 g/mol. The Bertz CT molecular complexity index is 3.25. The molecule has 0 aromatic rings. The second-order valence-corrected chi connectivity index (χ2v) is 0. The number of hydrogen-bond donors (Lipinski definition) is 0. The summed E-state index contributed by atoms with van der Waals surface area (Å²) in [5, 5.41) is 0. The number of rotatable bonds is 0. The molecule has 4 heteroatoms. The third-order valence-corrected chi connectivity index (χ3v) is 0. The van der Waals surface area contributed by atoms with Crippen LogP contribution in [0.1, 0.15) is 0 Å². The van der Waals surface area contributed by atoms with Crippen molar-refractivity contribution < 1.29 is 58.2 Å². The Morgan fingerprint density at radius 2 is 0.750 bits per heavy atom. The number of hydrogen-bond acceptors (Lipinski definition) is 0. The normalized spacial score (nSPS) is 0. The fourth-order valence-corrected chi connectivity index (χ4v) is 0. The van der Waals surface area contributed by atoms with Crippen LogP contribution in [0, 0.1) is 41.7 Å². The summed E-state index contributed by atoms with van der Waals surface area (Å²) in [7, 11) is 0. The van der Waals surface area contributed by atoms with Crippen LogP contribution in [0.15, 0.2) is 0 Å². The molecule has 0 heterocycles. The smallest absolute Gasteiger partial charge is 2.00 e. The minimum atomic E-state index is 0. The van der Waals surface area contributed by atoms with E-state index in [0.29, 0.717) is 0 Å². The summed E-state index contributed by atoms with van der Waals surface area (Å²) in [6.45, 7) is 0. The molecule has 0 aromatic heterocycles. The summed E-state index contributed by atoms with van der Waals surface area (Å²) in [6.07, 6.45) is 0. The van der Waals surface area contributed by atoms with Gasteiger partial charge in [0.05, 0.1) is 0 Å². The molecule has 0 unspecified atom stereocenters. The van der Waals surface area contributed by atoms with Crippen molar-refractivity contribution in [3.63, 3.8) is 0 Å². The quantitative estimate of drug-likeness (QED) is 0.466. The first-order valence-corrected chi connectivity index (χ1v) is 0. The van der Waals surface area contributed by atoms with Gasteiger partial charge in [-0.3, -0.25) is 0 Å². The molecule has 24 valence electrons. The van der Waals surface area contributed by atoms with Gasteiger partial charge in [0.2, 0.25) is 0 Å². The van der Waals surface area contributed by atoms with Gasteiger partial charge in [0.1, 0.15) is 0 Å². The van der Waals surface area contributed by atoms with E-state index >= 15 is 0 Å².